The van der Waals surface area contributed by atoms with Crippen LogP contribution in [0.3, 0.4) is 0 Å². The van der Waals surface area contributed by atoms with Gasteiger partial charge in [-0.2, -0.15) is 0 Å². The molecule has 0 unspecified atom stereocenters. The summed E-state index contributed by atoms with van der Waals surface area (Å²) in [6, 6.07) is 14.5. The van der Waals surface area contributed by atoms with E-state index in [1.165, 1.54) is 4.90 Å². The highest BCUT2D eigenvalue weighted by molar-refractivity contribution is 6.25. The van der Waals surface area contributed by atoms with Crippen molar-refractivity contribution in [1.29, 1.82) is 0 Å². The average Bonchev–Trinajstić information content (AvgIpc) is 3.33. The molecule has 2 atom stereocenters. The maximum atomic E-state index is 14.0. The number of aromatic nitrogens is 1. The summed E-state index contributed by atoms with van der Waals surface area (Å²) in [6.45, 7) is 6.38. The maximum absolute atomic E-state index is 14.0. The monoisotopic (exact) mass is 472 g/mol. The first-order valence-electron chi connectivity index (χ1n) is 12.5. The minimum absolute atomic E-state index is 0.00448. The normalized spacial score (nSPS) is 20.2. The van der Waals surface area contributed by atoms with E-state index in [4.69, 9.17) is 0 Å². The summed E-state index contributed by atoms with van der Waals surface area (Å²) in [5, 5.41) is 4.13. The van der Waals surface area contributed by atoms with E-state index in [0.29, 0.717) is 24.2 Å². The molecule has 0 aliphatic carbocycles. The van der Waals surface area contributed by atoms with Gasteiger partial charge < -0.3 is 15.2 Å². The van der Waals surface area contributed by atoms with Gasteiger partial charge in [0.2, 0.25) is 0 Å². The van der Waals surface area contributed by atoms with E-state index in [1.54, 1.807) is 36.1 Å². The molecule has 35 heavy (non-hydrogen) atoms. The van der Waals surface area contributed by atoms with Crippen molar-refractivity contribution >= 4 is 34.4 Å². The molecule has 2 aliphatic heterocycles. The Bertz CT molecular complexity index is 1310. The zero-order valence-electron chi connectivity index (χ0n) is 20.6. The molecule has 2 aromatic carbocycles. The highest BCUT2D eigenvalue weighted by Crippen LogP contribution is 2.45. The SMILES string of the molecule is CCCCC[C@H](C)NC(=O)c1ccccc1N1C(=O)N2CCc3c([nH]c4ccccc34)[C@@]2(C)C1=O. The Labute approximate surface area is 205 Å². The number of para-hydroxylation sites is 2. The number of nitrogens with one attached hydrogen (secondary N) is 2. The van der Waals surface area contributed by atoms with Gasteiger partial charge in [0.1, 0.15) is 0 Å². The van der Waals surface area contributed by atoms with Gasteiger partial charge in [-0.15, -0.1) is 0 Å². The molecule has 1 fully saturated rings. The van der Waals surface area contributed by atoms with E-state index < -0.39 is 11.6 Å². The smallest absolute Gasteiger partial charge is 0.332 e. The number of carbonyl (C=O) groups is 3. The number of H-pyrrole nitrogens is 1. The van der Waals surface area contributed by atoms with Gasteiger partial charge >= 0.3 is 6.03 Å². The molecule has 5 rings (SSSR count). The van der Waals surface area contributed by atoms with Crippen molar-refractivity contribution in [3.63, 3.8) is 0 Å². The quantitative estimate of drug-likeness (QED) is 0.370. The third kappa shape index (κ3) is 3.61. The number of nitrogens with zero attached hydrogens (tertiary/aromatic N) is 2. The molecule has 0 radical (unpaired) electrons. The number of anilines is 1. The zero-order chi connectivity index (χ0) is 24.7. The molecule has 2 aliphatic rings. The first-order valence-corrected chi connectivity index (χ1v) is 12.5. The summed E-state index contributed by atoms with van der Waals surface area (Å²) in [5.41, 5.74) is 2.30. The Hall–Kier alpha value is -3.61. The molecule has 3 heterocycles. The Kier molecular flexibility index (Phi) is 5.87. The zero-order valence-corrected chi connectivity index (χ0v) is 20.6. The van der Waals surface area contributed by atoms with Gasteiger partial charge in [0.05, 0.1) is 16.9 Å². The Balaban J connectivity index is 1.49. The van der Waals surface area contributed by atoms with Crippen LogP contribution in [-0.4, -0.2) is 40.3 Å². The molecule has 1 aromatic heterocycles. The number of hydrogen-bond donors (Lipinski definition) is 2. The van der Waals surface area contributed by atoms with E-state index >= 15 is 0 Å². The number of carbonyl (C=O) groups excluding carboxylic acids is 3. The van der Waals surface area contributed by atoms with Crippen LogP contribution in [-0.2, 0) is 16.8 Å². The third-order valence-corrected chi connectivity index (χ3v) is 7.48. The molecule has 0 bridgehead atoms. The molecule has 0 spiro atoms. The van der Waals surface area contributed by atoms with Gasteiger partial charge in [0, 0.05) is 23.5 Å². The van der Waals surface area contributed by atoms with Crippen molar-refractivity contribution in [3.05, 3.63) is 65.4 Å². The lowest BCUT2D eigenvalue weighted by atomic mass is 9.87. The summed E-state index contributed by atoms with van der Waals surface area (Å²) in [7, 11) is 0. The average molecular weight is 473 g/mol. The second-order valence-corrected chi connectivity index (χ2v) is 9.81. The second kappa shape index (κ2) is 8.87. The highest BCUT2D eigenvalue weighted by atomic mass is 16.2. The van der Waals surface area contributed by atoms with E-state index in [0.717, 1.165) is 47.8 Å². The van der Waals surface area contributed by atoms with E-state index in [9.17, 15) is 14.4 Å². The van der Waals surface area contributed by atoms with Crippen molar-refractivity contribution in [2.24, 2.45) is 0 Å². The predicted molar refractivity (Wildman–Crippen MR) is 136 cm³/mol. The van der Waals surface area contributed by atoms with Crippen LogP contribution in [0.4, 0.5) is 10.5 Å². The lowest BCUT2D eigenvalue weighted by Crippen LogP contribution is -2.49. The largest absolute Gasteiger partial charge is 0.356 e. The Morgan fingerprint density at radius 2 is 1.86 bits per heavy atom. The maximum Gasteiger partial charge on any atom is 0.332 e. The van der Waals surface area contributed by atoms with Crippen molar-refractivity contribution in [3.8, 4) is 0 Å². The number of urea groups is 1. The number of unbranched alkanes of at least 4 members (excludes halogenated alkanes) is 2. The summed E-state index contributed by atoms with van der Waals surface area (Å²) < 4.78 is 0. The van der Waals surface area contributed by atoms with Crippen LogP contribution in [0.1, 0.15) is 68.1 Å². The van der Waals surface area contributed by atoms with Crippen LogP contribution < -0.4 is 10.2 Å². The third-order valence-electron chi connectivity index (χ3n) is 7.48. The van der Waals surface area contributed by atoms with Gasteiger partial charge in [-0.05, 0) is 50.5 Å². The number of imide groups is 1. The number of benzene rings is 2. The van der Waals surface area contributed by atoms with E-state index in [-0.39, 0.29) is 17.9 Å². The summed E-state index contributed by atoms with van der Waals surface area (Å²) >= 11 is 0. The molecule has 182 valence electrons. The van der Waals surface area contributed by atoms with Crippen LogP contribution in [0.5, 0.6) is 0 Å². The van der Waals surface area contributed by atoms with Gasteiger partial charge in [0.15, 0.2) is 5.54 Å². The predicted octanol–water partition coefficient (Wildman–Crippen LogP) is 5.11. The molecule has 1 saturated heterocycles. The number of fused-ring (bicyclic) bond motifs is 5. The van der Waals surface area contributed by atoms with Crippen molar-refractivity contribution in [2.75, 3.05) is 11.4 Å². The topological polar surface area (TPSA) is 85.5 Å². The van der Waals surface area contributed by atoms with Crippen LogP contribution in [0.25, 0.3) is 10.9 Å². The van der Waals surface area contributed by atoms with Gasteiger partial charge in [-0.1, -0.05) is 56.5 Å². The summed E-state index contributed by atoms with van der Waals surface area (Å²) in [5.74, 6) is -0.613. The van der Waals surface area contributed by atoms with Crippen molar-refractivity contribution < 1.29 is 14.4 Å². The summed E-state index contributed by atoms with van der Waals surface area (Å²) in [6.07, 6.45) is 4.84. The highest BCUT2D eigenvalue weighted by Gasteiger charge is 2.59. The fourth-order valence-electron chi connectivity index (χ4n) is 5.54. The first kappa shape index (κ1) is 23.1. The molecule has 2 N–H and O–H groups in total. The molecule has 7 heteroatoms. The van der Waals surface area contributed by atoms with E-state index in [1.807, 2.05) is 31.2 Å². The minimum atomic E-state index is -1.15. The second-order valence-electron chi connectivity index (χ2n) is 9.81. The number of aromatic amines is 1. The number of amides is 4. The van der Waals surface area contributed by atoms with E-state index in [2.05, 4.69) is 17.2 Å². The Morgan fingerprint density at radius 1 is 1.11 bits per heavy atom. The van der Waals surface area contributed by atoms with Crippen LogP contribution in [0.15, 0.2) is 48.5 Å². The molecular formula is C28H32N4O3. The minimum Gasteiger partial charge on any atom is -0.356 e. The standard InChI is InChI=1S/C28H32N4O3/c1-4-5-6-11-18(2)29-25(33)21-13-8-10-15-23(21)32-26(34)28(3)24-20(16-17-31(28)27(32)35)19-12-7-9-14-22(19)30-24/h7-10,12-15,18,30H,4-6,11,16-17H2,1-3H3,(H,29,33)/t18-,28-/m0/s1. The number of rotatable bonds is 7. The van der Waals surface area contributed by atoms with Crippen molar-refractivity contribution in [1.82, 2.24) is 15.2 Å². The summed E-state index contributed by atoms with van der Waals surface area (Å²) in [4.78, 5) is 47.1. The van der Waals surface area contributed by atoms with Gasteiger partial charge in [-0.3, -0.25) is 9.59 Å². The molecular weight excluding hydrogens is 440 g/mol. The molecule has 7 nitrogen and oxygen atoms in total. The lowest BCUT2D eigenvalue weighted by molar-refractivity contribution is -0.125. The molecule has 3 aromatic rings. The fourth-order valence-corrected chi connectivity index (χ4v) is 5.54. The fraction of sp³-hybridized carbons (Fsp3) is 0.393. The van der Waals surface area contributed by atoms with Crippen LogP contribution >= 0.6 is 0 Å². The van der Waals surface area contributed by atoms with Gasteiger partial charge in [-0.25, -0.2) is 9.69 Å². The van der Waals surface area contributed by atoms with Gasteiger partial charge in [0.25, 0.3) is 11.8 Å². The lowest BCUT2D eigenvalue weighted by Gasteiger charge is -2.35. The number of hydrogen-bond acceptors (Lipinski definition) is 3. The first-order chi connectivity index (χ1) is 16.9. The van der Waals surface area contributed by atoms with Crippen LogP contribution in [0, 0.1) is 0 Å². The van der Waals surface area contributed by atoms with Crippen LogP contribution in [0.2, 0.25) is 0 Å². The molecule has 0 saturated carbocycles. The molecule has 4 amide bonds. The van der Waals surface area contributed by atoms with Crippen molar-refractivity contribution in [2.45, 2.75) is 64.5 Å². The Morgan fingerprint density at radius 3 is 2.66 bits per heavy atom.